The second kappa shape index (κ2) is 6.30. The summed E-state index contributed by atoms with van der Waals surface area (Å²) in [5, 5.41) is 26.1. The third kappa shape index (κ3) is 3.62. The van der Waals surface area contributed by atoms with Crippen LogP contribution in [0.1, 0.15) is 23.1 Å². The number of carboxylic acid groups (broad SMARTS) is 1. The van der Waals surface area contributed by atoms with E-state index in [0.717, 1.165) is 11.1 Å². The molecule has 4 heteroatoms. The van der Waals surface area contributed by atoms with Gasteiger partial charge in [0.05, 0.1) is 25.0 Å². The molecule has 1 aromatic carbocycles. The standard InChI is InChI=1S/C13H12N2O2/c14-7-2-5-10-3-1-4-11(6-8-15)12(10)9-13(16)17/h1,3-4H,2,5-6,9H2,(H,16,17). The number of aliphatic carboxylic acids is 1. The molecule has 0 saturated heterocycles. The fraction of sp³-hybridized carbons (Fsp3) is 0.308. The smallest absolute Gasteiger partial charge is 0.307 e. The van der Waals surface area contributed by atoms with Crippen LogP contribution in [0.5, 0.6) is 0 Å². The molecule has 0 heterocycles. The molecule has 0 atom stereocenters. The minimum absolute atomic E-state index is 0.0986. The highest BCUT2D eigenvalue weighted by Gasteiger charge is 2.11. The first-order valence-electron chi connectivity index (χ1n) is 5.24. The van der Waals surface area contributed by atoms with Crippen molar-refractivity contribution < 1.29 is 9.90 Å². The van der Waals surface area contributed by atoms with Gasteiger partial charge in [-0.05, 0) is 23.1 Å². The van der Waals surface area contributed by atoms with Gasteiger partial charge in [-0.25, -0.2) is 0 Å². The van der Waals surface area contributed by atoms with Gasteiger partial charge in [0, 0.05) is 6.42 Å². The van der Waals surface area contributed by atoms with Gasteiger partial charge >= 0.3 is 5.97 Å². The summed E-state index contributed by atoms with van der Waals surface area (Å²) >= 11 is 0. The molecule has 0 aromatic heterocycles. The Labute approximate surface area is 99.7 Å². The van der Waals surface area contributed by atoms with E-state index >= 15 is 0 Å². The topological polar surface area (TPSA) is 84.9 Å². The Hall–Kier alpha value is -2.33. The number of carbonyl (C=O) groups is 1. The van der Waals surface area contributed by atoms with Crippen molar-refractivity contribution in [3.63, 3.8) is 0 Å². The number of rotatable bonds is 5. The lowest BCUT2D eigenvalue weighted by molar-refractivity contribution is -0.136. The van der Waals surface area contributed by atoms with E-state index in [1.165, 1.54) is 0 Å². The summed E-state index contributed by atoms with van der Waals surface area (Å²) in [4.78, 5) is 10.8. The monoisotopic (exact) mass is 228 g/mol. The fourth-order valence-corrected chi connectivity index (χ4v) is 1.74. The number of hydrogen-bond donors (Lipinski definition) is 1. The van der Waals surface area contributed by atoms with E-state index in [-0.39, 0.29) is 12.8 Å². The molecule has 0 radical (unpaired) electrons. The quantitative estimate of drug-likeness (QED) is 0.833. The van der Waals surface area contributed by atoms with Crippen molar-refractivity contribution in [2.45, 2.75) is 25.7 Å². The van der Waals surface area contributed by atoms with Gasteiger partial charge < -0.3 is 5.11 Å². The van der Waals surface area contributed by atoms with Crippen LogP contribution in [0.15, 0.2) is 18.2 Å². The minimum Gasteiger partial charge on any atom is -0.481 e. The summed E-state index contributed by atoms with van der Waals surface area (Å²) in [6.45, 7) is 0. The van der Waals surface area contributed by atoms with Gasteiger partial charge in [-0.1, -0.05) is 18.2 Å². The molecule has 0 aliphatic heterocycles. The van der Waals surface area contributed by atoms with Crippen LogP contribution in [0.2, 0.25) is 0 Å². The lowest BCUT2D eigenvalue weighted by atomic mass is 9.94. The molecule has 0 aliphatic rings. The molecule has 0 bridgehead atoms. The zero-order valence-corrected chi connectivity index (χ0v) is 9.31. The Morgan fingerprint density at radius 1 is 1.24 bits per heavy atom. The van der Waals surface area contributed by atoms with Crippen molar-refractivity contribution in [3.8, 4) is 12.1 Å². The lowest BCUT2D eigenvalue weighted by Crippen LogP contribution is -2.07. The van der Waals surface area contributed by atoms with Crippen molar-refractivity contribution in [1.82, 2.24) is 0 Å². The van der Waals surface area contributed by atoms with Gasteiger partial charge in [-0.15, -0.1) is 0 Å². The molecule has 1 N–H and O–H groups in total. The zero-order valence-electron chi connectivity index (χ0n) is 9.31. The van der Waals surface area contributed by atoms with E-state index < -0.39 is 5.97 Å². The number of nitriles is 2. The molecule has 0 spiro atoms. The van der Waals surface area contributed by atoms with E-state index in [1.807, 2.05) is 18.2 Å². The maximum Gasteiger partial charge on any atom is 0.307 e. The highest BCUT2D eigenvalue weighted by atomic mass is 16.4. The first kappa shape index (κ1) is 12.7. The molecular formula is C13H12N2O2. The Bertz CT molecular complexity index is 495. The van der Waals surface area contributed by atoms with Crippen molar-refractivity contribution >= 4 is 5.97 Å². The Morgan fingerprint density at radius 3 is 2.53 bits per heavy atom. The molecule has 17 heavy (non-hydrogen) atoms. The van der Waals surface area contributed by atoms with Crippen molar-refractivity contribution in [2.75, 3.05) is 0 Å². The van der Waals surface area contributed by atoms with Crippen LogP contribution in [-0.4, -0.2) is 11.1 Å². The van der Waals surface area contributed by atoms with Crippen LogP contribution in [0.25, 0.3) is 0 Å². The van der Waals surface area contributed by atoms with E-state index in [0.29, 0.717) is 18.4 Å². The van der Waals surface area contributed by atoms with Crippen LogP contribution in [-0.2, 0) is 24.1 Å². The zero-order chi connectivity index (χ0) is 12.7. The normalized spacial score (nSPS) is 9.29. The molecule has 0 unspecified atom stereocenters. The van der Waals surface area contributed by atoms with Crippen LogP contribution < -0.4 is 0 Å². The summed E-state index contributed by atoms with van der Waals surface area (Å²) in [6, 6.07) is 9.43. The Balaban J connectivity index is 3.10. The van der Waals surface area contributed by atoms with E-state index in [9.17, 15) is 4.79 Å². The molecule has 86 valence electrons. The van der Waals surface area contributed by atoms with Crippen LogP contribution in [0.3, 0.4) is 0 Å². The van der Waals surface area contributed by atoms with Gasteiger partial charge in [0.25, 0.3) is 0 Å². The Kier molecular flexibility index (Phi) is 4.72. The highest BCUT2D eigenvalue weighted by Crippen LogP contribution is 2.18. The molecular weight excluding hydrogens is 216 g/mol. The maximum atomic E-state index is 10.8. The average Bonchev–Trinajstić information content (AvgIpc) is 2.29. The third-order valence-electron chi connectivity index (χ3n) is 2.47. The fourth-order valence-electron chi connectivity index (χ4n) is 1.74. The molecule has 1 rings (SSSR count). The SMILES string of the molecule is N#CCCc1cccc(CC#N)c1CC(=O)O. The van der Waals surface area contributed by atoms with Gasteiger partial charge in [-0.2, -0.15) is 10.5 Å². The largest absolute Gasteiger partial charge is 0.481 e. The number of benzene rings is 1. The van der Waals surface area contributed by atoms with Gasteiger partial charge in [0.15, 0.2) is 0 Å². The first-order valence-corrected chi connectivity index (χ1v) is 5.24. The summed E-state index contributed by atoms with van der Waals surface area (Å²) in [7, 11) is 0. The van der Waals surface area contributed by atoms with Crippen LogP contribution in [0.4, 0.5) is 0 Å². The van der Waals surface area contributed by atoms with Crippen molar-refractivity contribution in [3.05, 3.63) is 34.9 Å². The molecule has 1 aromatic rings. The van der Waals surface area contributed by atoms with Crippen molar-refractivity contribution in [1.29, 1.82) is 10.5 Å². The summed E-state index contributed by atoms with van der Waals surface area (Å²) < 4.78 is 0. The van der Waals surface area contributed by atoms with Crippen LogP contribution >= 0.6 is 0 Å². The third-order valence-corrected chi connectivity index (χ3v) is 2.47. The molecule has 0 fully saturated rings. The Morgan fingerprint density at radius 2 is 1.94 bits per heavy atom. The summed E-state index contributed by atoms with van der Waals surface area (Å²) in [6.07, 6.45) is 0.975. The summed E-state index contributed by atoms with van der Waals surface area (Å²) in [5.41, 5.74) is 2.27. The number of carboxylic acids is 1. The number of aryl methyl sites for hydroxylation is 1. The number of nitrogens with zero attached hydrogens (tertiary/aromatic N) is 2. The molecule has 4 nitrogen and oxygen atoms in total. The van der Waals surface area contributed by atoms with Gasteiger partial charge in [0.2, 0.25) is 0 Å². The van der Waals surface area contributed by atoms with Crippen molar-refractivity contribution in [2.24, 2.45) is 0 Å². The second-order valence-electron chi connectivity index (χ2n) is 3.62. The lowest BCUT2D eigenvalue weighted by Gasteiger charge is -2.10. The molecule has 0 amide bonds. The minimum atomic E-state index is -0.923. The number of hydrogen-bond acceptors (Lipinski definition) is 3. The predicted octanol–water partition coefficient (Wildman–Crippen LogP) is 1.84. The van der Waals surface area contributed by atoms with E-state index in [2.05, 4.69) is 0 Å². The van der Waals surface area contributed by atoms with Gasteiger partial charge in [0.1, 0.15) is 0 Å². The molecule has 0 saturated carbocycles. The van der Waals surface area contributed by atoms with E-state index in [4.69, 9.17) is 15.6 Å². The highest BCUT2D eigenvalue weighted by molar-refractivity contribution is 5.71. The average molecular weight is 228 g/mol. The first-order chi connectivity index (χ1) is 8.19. The summed E-state index contributed by atoms with van der Waals surface area (Å²) in [5.74, 6) is -0.923. The molecule has 0 aliphatic carbocycles. The van der Waals surface area contributed by atoms with Gasteiger partial charge in [-0.3, -0.25) is 4.79 Å². The second-order valence-corrected chi connectivity index (χ2v) is 3.62. The predicted molar refractivity (Wildman–Crippen MR) is 61.0 cm³/mol. The van der Waals surface area contributed by atoms with Crippen LogP contribution in [0, 0.1) is 22.7 Å². The van der Waals surface area contributed by atoms with E-state index in [1.54, 1.807) is 12.1 Å². The maximum absolute atomic E-state index is 10.8.